The lowest BCUT2D eigenvalue weighted by molar-refractivity contribution is 0.107. The Labute approximate surface area is 253 Å². The second kappa shape index (κ2) is 10.4. The number of aryl methyl sites for hydroxylation is 1. The molecule has 2 aromatic carbocycles. The number of hydrogen-bond donors (Lipinski definition) is 2. The zero-order valence-electron chi connectivity index (χ0n) is 24.6. The average molecular weight is 605 g/mol. The fourth-order valence-electron chi connectivity index (χ4n) is 8.16. The molecule has 0 amide bonds. The summed E-state index contributed by atoms with van der Waals surface area (Å²) in [5.74, 6) is -0.616. The van der Waals surface area contributed by atoms with E-state index in [1.807, 2.05) is 6.92 Å². The molecule has 8 nitrogen and oxygen atoms in total. The molecule has 4 aromatic rings. The zero-order valence-corrected chi connectivity index (χ0v) is 24.6. The molecule has 0 spiro atoms. The van der Waals surface area contributed by atoms with Gasteiger partial charge in [-0.2, -0.15) is 9.97 Å². The van der Waals surface area contributed by atoms with Crippen LogP contribution in [0.2, 0.25) is 0 Å². The lowest BCUT2D eigenvalue weighted by atomic mass is 9.94. The summed E-state index contributed by atoms with van der Waals surface area (Å²) in [7, 11) is 0. The van der Waals surface area contributed by atoms with E-state index in [1.165, 1.54) is 18.2 Å². The predicted octanol–water partition coefficient (Wildman–Crippen LogP) is 5.29. The number of pyridine rings is 1. The second-order valence-corrected chi connectivity index (χ2v) is 12.9. The monoisotopic (exact) mass is 604 g/mol. The highest BCUT2D eigenvalue weighted by Crippen LogP contribution is 2.42. The highest BCUT2D eigenvalue weighted by molar-refractivity contribution is 6.01. The van der Waals surface area contributed by atoms with Crippen molar-refractivity contribution in [3.8, 4) is 23.0 Å². The number of phenols is 1. The van der Waals surface area contributed by atoms with Crippen LogP contribution < -0.4 is 15.0 Å². The lowest BCUT2D eigenvalue weighted by Crippen LogP contribution is -2.51. The van der Waals surface area contributed by atoms with Gasteiger partial charge in [0.2, 0.25) is 0 Å². The van der Waals surface area contributed by atoms with Crippen molar-refractivity contribution in [1.82, 2.24) is 25.2 Å². The van der Waals surface area contributed by atoms with Gasteiger partial charge in [0.1, 0.15) is 41.4 Å². The first-order valence-corrected chi connectivity index (χ1v) is 15.7. The van der Waals surface area contributed by atoms with Crippen LogP contribution in [-0.2, 0) is 6.42 Å². The van der Waals surface area contributed by atoms with E-state index < -0.39 is 23.3 Å². The molecule has 4 aliphatic heterocycles. The molecule has 0 radical (unpaired) electrons. The summed E-state index contributed by atoms with van der Waals surface area (Å²) in [5.41, 5.74) is 0.313. The largest absolute Gasteiger partial charge is 0.508 e. The Hall–Kier alpha value is -3.70. The molecule has 0 aliphatic carbocycles. The third-order valence-electron chi connectivity index (χ3n) is 10.2. The Morgan fingerprint density at radius 3 is 2.73 bits per heavy atom. The Morgan fingerprint density at radius 2 is 1.93 bits per heavy atom. The van der Waals surface area contributed by atoms with Crippen molar-refractivity contribution in [2.24, 2.45) is 0 Å². The van der Waals surface area contributed by atoms with Gasteiger partial charge < -0.3 is 20.1 Å². The molecule has 4 saturated heterocycles. The number of halogens is 3. The molecule has 4 atom stereocenters. The van der Waals surface area contributed by atoms with E-state index in [1.54, 1.807) is 12.3 Å². The summed E-state index contributed by atoms with van der Waals surface area (Å²) < 4.78 is 52.4. The Morgan fingerprint density at radius 1 is 1.11 bits per heavy atom. The quantitative estimate of drug-likeness (QED) is 0.307. The van der Waals surface area contributed by atoms with Crippen LogP contribution in [0.5, 0.6) is 11.8 Å². The van der Waals surface area contributed by atoms with Crippen LogP contribution in [0, 0.1) is 11.6 Å². The number of ether oxygens (including phenoxy) is 1. The number of phenolic OH excluding ortho intramolecular Hbond substituents is 1. The fourth-order valence-corrected chi connectivity index (χ4v) is 8.16. The third-order valence-corrected chi connectivity index (χ3v) is 10.2. The standard InChI is InChI=1S/C33H35F3N6O2/c1-2-23-26(35)7-4-18-10-22(43)11-24(27(18)23)29-28(36)30-25(13-37-29)31(41-15-20-5-6-21(16-41)38-20)40-32(39-30)44-17-33-8-3-9-42(33)14-19(34)12-33/h4,7,10-11,13,19-21,38,43H,2-3,5-6,8-9,12,14-17H2,1H3/t19-,20?,21?,33+/m1/s1. The Balaban J connectivity index is 1.27. The number of alkyl halides is 1. The molecule has 6 heterocycles. The highest BCUT2D eigenvalue weighted by Gasteiger charge is 2.49. The molecular formula is C33H35F3N6O2. The van der Waals surface area contributed by atoms with Crippen LogP contribution in [0.3, 0.4) is 0 Å². The van der Waals surface area contributed by atoms with Crippen molar-refractivity contribution in [3.05, 3.63) is 47.7 Å². The summed E-state index contributed by atoms with van der Waals surface area (Å²) in [5, 5.41) is 15.7. The van der Waals surface area contributed by atoms with Crippen LogP contribution in [0.1, 0.15) is 44.6 Å². The van der Waals surface area contributed by atoms with Gasteiger partial charge in [0.05, 0.1) is 10.9 Å². The minimum atomic E-state index is -0.899. The number of fused-ring (bicyclic) bond motifs is 5. The maximum absolute atomic E-state index is 16.8. The van der Waals surface area contributed by atoms with Gasteiger partial charge in [0, 0.05) is 49.9 Å². The minimum Gasteiger partial charge on any atom is -0.508 e. The van der Waals surface area contributed by atoms with Gasteiger partial charge in [0.15, 0.2) is 5.82 Å². The van der Waals surface area contributed by atoms with Gasteiger partial charge in [-0.3, -0.25) is 9.88 Å². The topological polar surface area (TPSA) is 86.6 Å². The summed E-state index contributed by atoms with van der Waals surface area (Å²) in [4.78, 5) is 18.3. The molecule has 2 unspecified atom stereocenters. The lowest BCUT2D eigenvalue weighted by Gasteiger charge is -2.34. The number of anilines is 1. The van der Waals surface area contributed by atoms with Crippen LogP contribution in [0.25, 0.3) is 32.9 Å². The summed E-state index contributed by atoms with van der Waals surface area (Å²) in [6, 6.07) is 6.57. The van der Waals surface area contributed by atoms with E-state index >= 15 is 4.39 Å². The van der Waals surface area contributed by atoms with Crippen LogP contribution in [0.4, 0.5) is 19.0 Å². The number of hydrogen-bond acceptors (Lipinski definition) is 8. The van der Waals surface area contributed by atoms with Crippen molar-refractivity contribution in [3.63, 3.8) is 0 Å². The number of benzene rings is 2. The number of aromatic hydroxyl groups is 1. The molecule has 8 rings (SSSR count). The normalized spacial score (nSPS) is 26.6. The first-order valence-electron chi connectivity index (χ1n) is 15.7. The first kappa shape index (κ1) is 27.8. The third kappa shape index (κ3) is 4.46. The summed E-state index contributed by atoms with van der Waals surface area (Å²) >= 11 is 0. The molecule has 44 heavy (non-hydrogen) atoms. The Bertz CT molecular complexity index is 1780. The molecule has 4 fully saturated rings. The number of aromatic nitrogens is 3. The van der Waals surface area contributed by atoms with Gasteiger partial charge in [-0.25, -0.2) is 13.2 Å². The van der Waals surface area contributed by atoms with E-state index in [9.17, 15) is 13.9 Å². The van der Waals surface area contributed by atoms with E-state index in [-0.39, 0.29) is 29.6 Å². The predicted molar refractivity (Wildman–Crippen MR) is 162 cm³/mol. The second-order valence-electron chi connectivity index (χ2n) is 12.9. The van der Waals surface area contributed by atoms with Crippen molar-refractivity contribution in [2.75, 3.05) is 37.7 Å². The van der Waals surface area contributed by atoms with Crippen LogP contribution in [0.15, 0.2) is 30.5 Å². The number of rotatable bonds is 6. The molecule has 2 bridgehead atoms. The molecular weight excluding hydrogens is 569 g/mol. The first-order chi connectivity index (χ1) is 21.3. The Kier molecular flexibility index (Phi) is 6.60. The van der Waals surface area contributed by atoms with E-state index in [4.69, 9.17) is 9.72 Å². The molecule has 11 heteroatoms. The van der Waals surface area contributed by atoms with Crippen molar-refractivity contribution in [2.45, 2.75) is 69.2 Å². The van der Waals surface area contributed by atoms with Crippen molar-refractivity contribution >= 4 is 27.5 Å². The van der Waals surface area contributed by atoms with Crippen LogP contribution >= 0.6 is 0 Å². The smallest absolute Gasteiger partial charge is 0.319 e. The molecule has 230 valence electrons. The molecule has 2 N–H and O–H groups in total. The van der Waals surface area contributed by atoms with Gasteiger partial charge in [0.25, 0.3) is 0 Å². The van der Waals surface area contributed by atoms with E-state index in [0.717, 1.165) is 32.2 Å². The zero-order chi connectivity index (χ0) is 30.2. The average Bonchev–Trinajstić information content (AvgIpc) is 3.66. The molecule has 2 aromatic heterocycles. The van der Waals surface area contributed by atoms with Crippen LogP contribution in [-0.4, -0.2) is 81.5 Å². The summed E-state index contributed by atoms with van der Waals surface area (Å²) in [6.45, 7) is 4.72. The van der Waals surface area contributed by atoms with Gasteiger partial charge in [-0.15, -0.1) is 0 Å². The van der Waals surface area contributed by atoms with Gasteiger partial charge in [-0.05, 0) is 73.2 Å². The number of nitrogens with one attached hydrogen (secondary N) is 1. The van der Waals surface area contributed by atoms with Gasteiger partial charge in [-0.1, -0.05) is 13.0 Å². The van der Waals surface area contributed by atoms with Gasteiger partial charge >= 0.3 is 6.01 Å². The maximum atomic E-state index is 16.8. The number of piperazine rings is 1. The van der Waals surface area contributed by atoms with Crippen molar-refractivity contribution < 1.29 is 23.0 Å². The minimum absolute atomic E-state index is 0.0358. The van der Waals surface area contributed by atoms with Crippen molar-refractivity contribution in [1.29, 1.82) is 0 Å². The SMILES string of the molecule is CCc1c(F)ccc2cc(O)cc(-c3ncc4c(N5CC6CCC(C5)N6)nc(OC[C@@]56CCCN5C[C@H](F)C6)nc4c3F)c12. The highest BCUT2D eigenvalue weighted by atomic mass is 19.1. The van der Waals surface area contributed by atoms with E-state index in [0.29, 0.717) is 77.7 Å². The summed E-state index contributed by atoms with van der Waals surface area (Å²) in [6.07, 6.45) is 5.39. The fraction of sp³-hybridized carbons (Fsp3) is 0.485. The van der Waals surface area contributed by atoms with E-state index in [2.05, 4.69) is 25.1 Å². The molecule has 0 saturated carbocycles. The molecule has 4 aliphatic rings. The number of nitrogens with zero attached hydrogens (tertiary/aromatic N) is 5. The maximum Gasteiger partial charge on any atom is 0.319 e.